The van der Waals surface area contributed by atoms with Crippen molar-refractivity contribution in [2.75, 3.05) is 0 Å². The van der Waals surface area contributed by atoms with E-state index in [4.69, 9.17) is 19.0 Å². The molecule has 0 aliphatic carbocycles. The zero-order valence-corrected chi connectivity index (χ0v) is 14.1. The molecule has 0 spiro atoms. The van der Waals surface area contributed by atoms with E-state index in [0.717, 1.165) is 6.92 Å². The SMILES string of the molecule is CC(=O)O.O=S(=O)(O)c1ccccc1.O=S(=O)(O)c1ccccc1. The van der Waals surface area contributed by atoms with Crippen LogP contribution in [0.3, 0.4) is 0 Å². The molecule has 3 N–H and O–H groups in total. The molecule has 2 rings (SSSR count). The maximum atomic E-state index is 10.4. The molecule has 0 fully saturated rings. The molecule has 0 amide bonds. The summed E-state index contributed by atoms with van der Waals surface area (Å²) in [5, 5.41) is 7.42. The molecule has 0 heterocycles. The minimum absolute atomic E-state index is 0.0741. The van der Waals surface area contributed by atoms with Crippen molar-refractivity contribution in [2.45, 2.75) is 16.7 Å². The summed E-state index contributed by atoms with van der Waals surface area (Å²) in [7, 11) is -8.01. The van der Waals surface area contributed by atoms with Crippen LogP contribution in [-0.4, -0.2) is 37.0 Å². The largest absolute Gasteiger partial charge is 0.481 e. The fourth-order valence-corrected chi connectivity index (χ4v) is 2.19. The number of hydrogen-bond acceptors (Lipinski definition) is 5. The summed E-state index contributed by atoms with van der Waals surface area (Å²) in [6, 6.07) is 14.8. The lowest BCUT2D eigenvalue weighted by molar-refractivity contribution is -0.134. The van der Waals surface area contributed by atoms with Crippen LogP contribution in [0.15, 0.2) is 70.5 Å². The van der Waals surface area contributed by atoms with Gasteiger partial charge in [-0.1, -0.05) is 36.4 Å². The molecule has 2 aromatic rings. The lowest BCUT2D eigenvalue weighted by Gasteiger charge is -1.92. The molecule has 0 saturated heterocycles. The molecule has 24 heavy (non-hydrogen) atoms. The van der Waals surface area contributed by atoms with Gasteiger partial charge in [0.1, 0.15) is 0 Å². The fourth-order valence-electron chi connectivity index (χ4n) is 1.18. The van der Waals surface area contributed by atoms with E-state index < -0.39 is 26.2 Å². The Bertz CT molecular complexity index is 757. The summed E-state index contributed by atoms with van der Waals surface area (Å²) < 4.78 is 58.5. The number of carboxylic acid groups (broad SMARTS) is 1. The van der Waals surface area contributed by atoms with Crippen molar-refractivity contribution < 1.29 is 35.8 Å². The van der Waals surface area contributed by atoms with Gasteiger partial charge in [0.15, 0.2) is 0 Å². The third-order valence-electron chi connectivity index (χ3n) is 2.08. The predicted molar refractivity (Wildman–Crippen MR) is 85.8 cm³/mol. The summed E-state index contributed by atoms with van der Waals surface area (Å²) >= 11 is 0. The average molecular weight is 376 g/mol. The highest BCUT2D eigenvalue weighted by molar-refractivity contribution is 7.86. The third kappa shape index (κ3) is 10.5. The van der Waals surface area contributed by atoms with Crippen molar-refractivity contribution in [2.24, 2.45) is 0 Å². The molecule has 8 nitrogen and oxygen atoms in total. The molecule has 0 radical (unpaired) electrons. The van der Waals surface area contributed by atoms with Gasteiger partial charge in [-0.25, -0.2) is 0 Å². The van der Waals surface area contributed by atoms with Gasteiger partial charge in [0, 0.05) is 6.92 Å². The number of rotatable bonds is 2. The second-order valence-corrected chi connectivity index (χ2v) is 6.94. The predicted octanol–water partition coefficient (Wildman–Crippen LogP) is 1.96. The Morgan fingerprint density at radius 2 is 0.917 bits per heavy atom. The zero-order valence-electron chi connectivity index (χ0n) is 12.5. The Morgan fingerprint density at radius 3 is 1.04 bits per heavy atom. The summed E-state index contributed by atoms with van der Waals surface area (Å²) in [4.78, 5) is 8.85. The number of carbonyl (C=O) groups is 1. The lowest BCUT2D eigenvalue weighted by Crippen LogP contribution is -1.96. The maximum absolute atomic E-state index is 10.4. The van der Waals surface area contributed by atoms with Crippen molar-refractivity contribution in [3.8, 4) is 0 Å². The molecule has 0 saturated carbocycles. The number of benzene rings is 2. The van der Waals surface area contributed by atoms with Gasteiger partial charge in [-0.2, -0.15) is 16.8 Å². The van der Waals surface area contributed by atoms with Gasteiger partial charge in [-0.15, -0.1) is 0 Å². The lowest BCUT2D eigenvalue weighted by atomic mass is 10.4. The van der Waals surface area contributed by atoms with Gasteiger partial charge < -0.3 is 5.11 Å². The zero-order chi connectivity index (χ0) is 18.8. The van der Waals surface area contributed by atoms with Crippen molar-refractivity contribution in [3.05, 3.63) is 60.7 Å². The molecule has 2 aromatic carbocycles. The standard InChI is InChI=1S/2C6H6O3S.C2H4O2/c2*7-10(8,9)6-4-2-1-3-5-6;1-2(3)4/h2*1-5H,(H,7,8,9);1H3,(H,3,4). The normalized spacial score (nSPS) is 10.5. The van der Waals surface area contributed by atoms with Crippen molar-refractivity contribution >= 4 is 26.2 Å². The number of carboxylic acids is 1. The van der Waals surface area contributed by atoms with Crippen LogP contribution < -0.4 is 0 Å². The minimum Gasteiger partial charge on any atom is -0.481 e. The Kier molecular flexibility index (Phi) is 8.85. The molecular formula is C14H16O8S2. The Labute approximate surface area is 139 Å². The van der Waals surface area contributed by atoms with Crippen LogP contribution in [-0.2, 0) is 25.0 Å². The molecular weight excluding hydrogens is 360 g/mol. The van der Waals surface area contributed by atoms with Crippen LogP contribution in [0.4, 0.5) is 0 Å². The van der Waals surface area contributed by atoms with Gasteiger partial charge in [0.2, 0.25) is 0 Å². The Balaban J connectivity index is 0.000000363. The monoisotopic (exact) mass is 376 g/mol. The molecule has 132 valence electrons. The van der Waals surface area contributed by atoms with Crippen LogP contribution in [0, 0.1) is 0 Å². The second-order valence-electron chi connectivity index (χ2n) is 4.10. The topological polar surface area (TPSA) is 146 Å². The van der Waals surface area contributed by atoms with Crippen molar-refractivity contribution in [1.82, 2.24) is 0 Å². The first-order valence-corrected chi connectivity index (χ1v) is 9.07. The summed E-state index contributed by atoms with van der Waals surface area (Å²) in [5.74, 6) is -0.833. The highest BCUT2D eigenvalue weighted by Crippen LogP contribution is 2.05. The molecule has 0 bridgehead atoms. The highest BCUT2D eigenvalue weighted by Gasteiger charge is 2.06. The van der Waals surface area contributed by atoms with E-state index in [1.165, 1.54) is 24.3 Å². The molecule has 0 aromatic heterocycles. The maximum Gasteiger partial charge on any atom is 0.300 e. The van der Waals surface area contributed by atoms with Crippen LogP contribution in [0.5, 0.6) is 0 Å². The Morgan fingerprint density at radius 1 is 0.708 bits per heavy atom. The fraction of sp³-hybridized carbons (Fsp3) is 0.0714. The second kappa shape index (κ2) is 9.78. The van der Waals surface area contributed by atoms with Gasteiger partial charge in [0.25, 0.3) is 26.2 Å². The minimum atomic E-state index is -4.00. The van der Waals surface area contributed by atoms with Crippen LogP contribution in [0.1, 0.15) is 6.92 Å². The highest BCUT2D eigenvalue weighted by atomic mass is 32.2. The molecule has 10 heteroatoms. The number of hydrogen-bond donors (Lipinski definition) is 3. The molecule has 0 atom stereocenters. The van der Waals surface area contributed by atoms with E-state index in [1.807, 2.05) is 0 Å². The first-order chi connectivity index (χ1) is 10.9. The summed E-state index contributed by atoms with van der Waals surface area (Å²) in [6.07, 6.45) is 0. The van der Waals surface area contributed by atoms with Gasteiger partial charge in [-0.3, -0.25) is 13.9 Å². The molecule has 0 aliphatic heterocycles. The van der Waals surface area contributed by atoms with Gasteiger partial charge >= 0.3 is 0 Å². The average Bonchev–Trinajstić information content (AvgIpc) is 2.47. The smallest absolute Gasteiger partial charge is 0.300 e. The van der Waals surface area contributed by atoms with E-state index in [0.29, 0.717) is 0 Å². The molecule has 0 aliphatic rings. The van der Waals surface area contributed by atoms with Crippen LogP contribution >= 0.6 is 0 Å². The van der Waals surface area contributed by atoms with E-state index in [-0.39, 0.29) is 9.79 Å². The summed E-state index contributed by atoms with van der Waals surface area (Å²) in [6.45, 7) is 1.08. The van der Waals surface area contributed by atoms with Gasteiger partial charge in [0.05, 0.1) is 9.79 Å². The Hall–Kier alpha value is -2.27. The number of aliphatic carboxylic acids is 1. The quantitative estimate of drug-likeness (QED) is 0.674. The van der Waals surface area contributed by atoms with Crippen molar-refractivity contribution in [1.29, 1.82) is 0 Å². The van der Waals surface area contributed by atoms with Crippen molar-refractivity contribution in [3.63, 3.8) is 0 Å². The van der Waals surface area contributed by atoms with E-state index >= 15 is 0 Å². The third-order valence-corrected chi connectivity index (χ3v) is 3.82. The first kappa shape index (κ1) is 21.7. The van der Waals surface area contributed by atoms with E-state index in [9.17, 15) is 16.8 Å². The van der Waals surface area contributed by atoms with E-state index in [2.05, 4.69) is 0 Å². The van der Waals surface area contributed by atoms with Gasteiger partial charge in [-0.05, 0) is 24.3 Å². The van der Waals surface area contributed by atoms with Crippen LogP contribution in [0.2, 0.25) is 0 Å². The molecule has 0 unspecified atom stereocenters. The summed E-state index contributed by atoms with van der Waals surface area (Å²) in [5.41, 5.74) is 0. The first-order valence-electron chi connectivity index (χ1n) is 6.19. The van der Waals surface area contributed by atoms with E-state index in [1.54, 1.807) is 36.4 Å². The van der Waals surface area contributed by atoms with Crippen LogP contribution in [0.25, 0.3) is 0 Å².